The Bertz CT molecular complexity index is 992. The number of aromatic nitrogens is 2. The van der Waals surface area contributed by atoms with Crippen molar-refractivity contribution in [3.63, 3.8) is 0 Å². The molecule has 0 bridgehead atoms. The number of amides is 1. The topological polar surface area (TPSA) is 71.3 Å². The summed E-state index contributed by atoms with van der Waals surface area (Å²) in [5.74, 6) is 0.947. The van der Waals surface area contributed by atoms with Crippen LogP contribution in [0.2, 0.25) is 0 Å². The maximum absolute atomic E-state index is 12.6. The van der Waals surface area contributed by atoms with E-state index in [1.165, 1.54) is 43.4 Å². The molecule has 0 unspecified atom stereocenters. The third-order valence-corrected chi connectivity index (χ3v) is 7.16. The Labute approximate surface area is 194 Å². The van der Waals surface area contributed by atoms with Crippen molar-refractivity contribution in [1.82, 2.24) is 20.4 Å². The molecule has 1 aliphatic carbocycles. The summed E-state index contributed by atoms with van der Waals surface area (Å²) in [5, 5.41) is 7.15. The van der Waals surface area contributed by atoms with Gasteiger partial charge in [0.05, 0.1) is 9.75 Å². The number of carbonyl (C=O) groups excluding carboxylic acids is 1. The van der Waals surface area contributed by atoms with Crippen LogP contribution in [0.5, 0.6) is 0 Å². The van der Waals surface area contributed by atoms with Crippen LogP contribution in [-0.2, 0) is 0 Å². The Morgan fingerprint density at radius 1 is 1.16 bits per heavy atom. The van der Waals surface area contributed by atoms with E-state index in [9.17, 15) is 4.79 Å². The maximum Gasteiger partial charge on any atom is 0.261 e. The zero-order chi connectivity index (χ0) is 22.3. The van der Waals surface area contributed by atoms with Crippen LogP contribution < -0.4 is 5.32 Å². The third kappa shape index (κ3) is 5.64. The van der Waals surface area contributed by atoms with Crippen molar-refractivity contribution in [2.24, 2.45) is 0 Å². The monoisotopic (exact) mass is 452 g/mol. The molecule has 0 atom stereocenters. The molecule has 4 rings (SSSR count). The summed E-state index contributed by atoms with van der Waals surface area (Å²) in [6.45, 7) is 6.27. The van der Waals surface area contributed by atoms with Gasteiger partial charge in [0.1, 0.15) is 0 Å². The molecule has 1 N–H and O–H groups in total. The van der Waals surface area contributed by atoms with E-state index in [0.29, 0.717) is 35.2 Å². The number of nitrogens with one attached hydrogen (secondary N) is 1. The normalized spacial score (nSPS) is 14.9. The van der Waals surface area contributed by atoms with E-state index in [0.717, 1.165) is 23.4 Å². The smallest absolute Gasteiger partial charge is 0.261 e. The molecule has 1 aliphatic rings. The summed E-state index contributed by atoms with van der Waals surface area (Å²) in [7, 11) is 0. The van der Waals surface area contributed by atoms with Gasteiger partial charge < -0.3 is 9.84 Å². The molecule has 32 heavy (non-hydrogen) atoms. The first kappa shape index (κ1) is 22.7. The van der Waals surface area contributed by atoms with Crippen LogP contribution in [0.15, 0.2) is 47.0 Å². The van der Waals surface area contributed by atoms with Gasteiger partial charge in [-0.1, -0.05) is 42.6 Å². The third-order valence-electron chi connectivity index (χ3n) is 6.08. The van der Waals surface area contributed by atoms with E-state index < -0.39 is 0 Å². The van der Waals surface area contributed by atoms with Crippen LogP contribution in [0.1, 0.15) is 62.0 Å². The Kier molecular flexibility index (Phi) is 7.71. The van der Waals surface area contributed by atoms with Crippen LogP contribution in [0.4, 0.5) is 0 Å². The second-order valence-electron chi connectivity index (χ2n) is 8.69. The van der Waals surface area contributed by atoms with Gasteiger partial charge in [-0.05, 0) is 57.4 Å². The van der Waals surface area contributed by atoms with E-state index in [1.54, 1.807) is 0 Å². The minimum absolute atomic E-state index is 0.0400. The van der Waals surface area contributed by atoms with Crippen molar-refractivity contribution >= 4 is 17.2 Å². The fourth-order valence-electron chi connectivity index (χ4n) is 4.43. The first-order chi connectivity index (χ1) is 15.6. The second kappa shape index (κ2) is 10.9. The number of rotatable bonds is 9. The number of hydrogen-bond donors (Lipinski definition) is 1. The standard InChI is InChI=1S/C25H32N4O2S/c1-18(2)29(20-12-7-4-8-13-20)17-9-16-26-24(30)22-15-14-21(32-22)23-27-25(31-28-23)19-10-5-3-6-11-19/h3,5-6,10-11,14-15,18,20H,4,7-9,12-13,16-17H2,1-2H3,(H,26,30). The lowest BCUT2D eigenvalue weighted by Gasteiger charge is -2.37. The molecule has 3 aromatic rings. The lowest BCUT2D eigenvalue weighted by Crippen LogP contribution is -2.43. The van der Waals surface area contributed by atoms with Gasteiger partial charge in [-0.2, -0.15) is 4.98 Å². The summed E-state index contributed by atoms with van der Waals surface area (Å²) >= 11 is 1.39. The van der Waals surface area contributed by atoms with E-state index in [4.69, 9.17) is 4.52 Å². The van der Waals surface area contributed by atoms with Crippen molar-refractivity contribution in [2.75, 3.05) is 13.1 Å². The number of nitrogens with zero attached hydrogens (tertiary/aromatic N) is 3. The van der Waals surface area contributed by atoms with Crippen LogP contribution in [-0.4, -0.2) is 46.1 Å². The average Bonchev–Trinajstić information content (AvgIpc) is 3.50. The van der Waals surface area contributed by atoms with Gasteiger partial charge in [0.15, 0.2) is 0 Å². The van der Waals surface area contributed by atoms with Gasteiger partial charge in [-0.25, -0.2) is 0 Å². The molecule has 0 aliphatic heterocycles. The van der Waals surface area contributed by atoms with Gasteiger partial charge in [0.25, 0.3) is 11.8 Å². The SMILES string of the molecule is CC(C)N(CCCNC(=O)c1ccc(-c2noc(-c3ccccc3)n2)s1)C1CCCCC1. The van der Waals surface area contributed by atoms with Gasteiger partial charge >= 0.3 is 0 Å². The molecule has 0 spiro atoms. The Hall–Kier alpha value is -2.51. The van der Waals surface area contributed by atoms with E-state index in [-0.39, 0.29) is 5.91 Å². The lowest BCUT2D eigenvalue weighted by atomic mass is 9.93. The van der Waals surface area contributed by atoms with Crippen LogP contribution >= 0.6 is 11.3 Å². The maximum atomic E-state index is 12.6. The number of hydrogen-bond acceptors (Lipinski definition) is 6. The van der Waals surface area contributed by atoms with Crippen molar-refractivity contribution in [1.29, 1.82) is 0 Å². The fraction of sp³-hybridized carbons (Fsp3) is 0.480. The molecule has 2 heterocycles. The number of benzene rings is 1. The molecule has 0 radical (unpaired) electrons. The van der Waals surface area contributed by atoms with Crippen molar-refractivity contribution in [3.8, 4) is 22.2 Å². The molecule has 1 fully saturated rings. The zero-order valence-electron chi connectivity index (χ0n) is 18.9. The first-order valence-electron chi connectivity index (χ1n) is 11.6. The quantitative estimate of drug-likeness (QED) is 0.426. The highest BCUT2D eigenvalue weighted by molar-refractivity contribution is 7.17. The molecule has 170 valence electrons. The minimum Gasteiger partial charge on any atom is -0.351 e. The highest BCUT2D eigenvalue weighted by Crippen LogP contribution is 2.28. The minimum atomic E-state index is -0.0400. The zero-order valence-corrected chi connectivity index (χ0v) is 19.7. The first-order valence-corrected chi connectivity index (χ1v) is 12.5. The summed E-state index contributed by atoms with van der Waals surface area (Å²) in [4.78, 5) is 21.2. The molecule has 1 saturated carbocycles. The molecule has 6 nitrogen and oxygen atoms in total. The Morgan fingerprint density at radius 3 is 2.69 bits per heavy atom. The van der Waals surface area contributed by atoms with Crippen LogP contribution in [0, 0.1) is 0 Å². The highest BCUT2D eigenvalue weighted by Gasteiger charge is 2.23. The van der Waals surface area contributed by atoms with E-state index >= 15 is 0 Å². The predicted molar refractivity (Wildman–Crippen MR) is 129 cm³/mol. The van der Waals surface area contributed by atoms with Crippen LogP contribution in [0.25, 0.3) is 22.2 Å². The summed E-state index contributed by atoms with van der Waals surface area (Å²) in [6, 6.07) is 14.6. The Morgan fingerprint density at radius 2 is 1.94 bits per heavy atom. The summed E-state index contributed by atoms with van der Waals surface area (Å²) in [5.41, 5.74) is 0.879. The average molecular weight is 453 g/mol. The molecule has 0 saturated heterocycles. The van der Waals surface area contributed by atoms with Gasteiger partial charge in [0.2, 0.25) is 5.82 Å². The van der Waals surface area contributed by atoms with Crippen LogP contribution in [0.3, 0.4) is 0 Å². The van der Waals surface area contributed by atoms with Crippen molar-refractivity contribution < 1.29 is 9.32 Å². The van der Waals surface area contributed by atoms with Gasteiger partial charge in [0, 0.05) is 30.7 Å². The lowest BCUT2D eigenvalue weighted by molar-refractivity contribution is 0.0946. The van der Waals surface area contributed by atoms with Gasteiger partial charge in [-0.15, -0.1) is 11.3 Å². The number of carbonyl (C=O) groups is 1. The highest BCUT2D eigenvalue weighted by atomic mass is 32.1. The van der Waals surface area contributed by atoms with Crippen molar-refractivity contribution in [3.05, 3.63) is 47.3 Å². The second-order valence-corrected chi connectivity index (χ2v) is 9.77. The van der Waals surface area contributed by atoms with E-state index in [2.05, 4.69) is 34.2 Å². The molecular weight excluding hydrogens is 420 g/mol. The Balaban J connectivity index is 1.28. The fourth-order valence-corrected chi connectivity index (χ4v) is 5.28. The summed E-state index contributed by atoms with van der Waals surface area (Å²) in [6.07, 6.45) is 7.65. The molecule has 1 aromatic carbocycles. The van der Waals surface area contributed by atoms with E-state index in [1.807, 2.05) is 42.5 Å². The molecule has 7 heteroatoms. The summed E-state index contributed by atoms with van der Waals surface area (Å²) < 4.78 is 5.39. The largest absolute Gasteiger partial charge is 0.351 e. The van der Waals surface area contributed by atoms with Crippen molar-refractivity contribution in [2.45, 2.75) is 64.5 Å². The number of thiophene rings is 1. The molecular formula is C25H32N4O2S. The predicted octanol–water partition coefficient (Wildman–Crippen LogP) is 5.63. The molecule has 1 amide bonds. The van der Waals surface area contributed by atoms with Gasteiger partial charge in [-0.3, -0.25) is 9.69 Å². The molecule has 2 aromatic heterocycles.